The van der Waals surface area contributed by atoms with Crippen molar-refractivity contribution in [3.05, 3.63) is 59.7 Å². The molecule has 3 rings (SSSR count). The summed E-state index contributed by atoms with van der Waals surface area (Å²) in [6.07, 6.45) is 0.159. The van der Waals surface area contributed by atoms with Gasteiger partial charge in [-0.1, -0.05) is 30.3 Å². The zero-order valence-corrected chi connectivity index (χ0v) is 15.4. The predicted molar refractivity (Wildman–Crippen MR) is 102 cm³/mol. The van der Waals surface area contributed by atoms with Crippen LogP contribution in [0.1, 0.15) is 42.2 Å². The average molecular weight is 366 g/mol. The predicted octanol–water partition coefficient (Wildman–Crippen LogP) is 2.88. The molecule has 0 bridgehead atoms. The maximum atomic E-state index is 12.3. The molecule has 0 saturated heterocycles. The number of benzene rings is 2. The summed E-state index contributed by atoms with van der Waals surface area (Å²) in [5.41, 5.74) is 2.05. The number of carbonyl (C=O) groups excluding carboxylic acids is 3. The number of nitrogens with zero attached hydrogens (tertiary/aromatic N) is 1. The van der Waals surface area contributed by atoms with Crippen molar-refractivity contribution in [1.82, 2.24) is 5.32 Å². The van der Waals surface area contributed by atoms with E-state index in [0.717, 1.165) is 5.56 Å². The number of fused-ring (bicyclic) bond motifs is 1. The summed E-state index contributed by atoms with van der Waals surface area (Å²) < 4.78 is 5.43. The molecule has 27 heavy (non-hydrogen) atoms. The number of carbonyl (C=O) groups is 3. The Kier molecular flexibility index (Phi) is 5.54. The van der Waals surface area contributed by atoms with Gasteiger partial charge >= 0.3 is 0 Å². The van der Waals surface area contributed by atoms with Gasteiger partial charge in [0.2, 0.25) is 5.91 Å². The fourth-order valence-corrected chi connectivity index (χ4v) is 3.02. The molecule has 2 aromatic carbocycles. The lowest BCUT2D eigenvalue weighted by atomic mass is 10.1. The molecule has 6 heteroatoms. The summed E-state index contributed by atoms with van der Waals surface area (Å²) in [4.78, 5) is 37.8. The van der Waals surface area contributed by atoms with E-state index in [1.807, 2.05) is 37.3 Å². The molecule has 0 saturated carbocycles. The molecule has 6 nitrogen and oxygen atoms in total. The van der Waals surface area contributed by atoms with Gasteiger partial charge in [0.05, 0.1) is 11.7 Å². The van der Waals surface area contributed by atoms with Crippen LogP contribution in [0.25, 0.3) is 0 Å². The maximum absolute atomic E-state index is 12.3. The second-order valence-electron chi connectivity index (χ2n) is 6.52. The number of anilines is 1. The molecule has 1 N–H and O–H groups in total. The molecule has 1 aliphatic heterocycles. The van der Waals surface area contributed by atoms with Crippen LogP contribution in [0.15, 0.2) is 48.5 Å². The monoisotopic (exact) mass is 366 g/mol. The van der Waals surface area contributed by atoms with Crippen molar-refractivity contribution in [3.8, 4) is 5.75 Å². The highest BCUT2D eigenvalue weighted by molar-refractivity contribution is 6.01. The summed E-state index contributed by atoms with van der Waals surface area (Å²) in [5, 5.41) is 2.94. The van der Waals surface area contributed by atoms with Crippen LogP contribution in [-0.4, -0.2) is 30.7 Å². The van der Waals surface area contributed by atoms with Gasteiger partial charge in [-0.25, -0.2) is 0 Å². The minimum absolute atomic E-state index is 0.0749. The van der Waals surface area contributed by atoms with Crippen LogP contribution in [0.4, 0.5) is 5.69 Å². The van der Waals surface area contributed by atoms with E-state index in [2.05, 4.69) is 5.32 Å². The fourth-order valence-electron chi connectivity index (χ4n) is 3.02. The molecule has 1 atom stereocenters. The SMILES string of the molecule is CC(=O)c1ccc2c(c1)N(CCC(=O)NC(C)c1ccccc1)C(=O)CO2. The number of ketones is 1. The number of hydrogen-bond acceptors (Lipinski definition) is 4. The van der Waals surface area contributed by atoms with E-state index in [0.29, 0.717) is 17.0 Å². The molecular formula is C21H22N2O4. The first kappa shape index (κ1) is 18.6. The van der Waals surface area contributed by atoms with Crippen LogP contribution in [0.5, 0.6) is 5.75 Å². The van der Waals surface area contributed by atoms with E-state index in [9.17, 15) is 14.4 Å². The van der Waals surface area contributed by atoms with Crippen molar-refractivity contribution >= 4 is 23.3 Å². The lowest BCUT2D eigenvalue weighted by Crippen LogP contribution is -2.41. The van der Waals surface area contributed by atoms with Crippen molar-refractivity contribution in [1.29, 1.82) is 0 Å². The van der Waals surface area contributed by atoms with Gasteiger partial charge in [-0.05, 0) is 37.6 Å². The Morgan fingerprint density at radius 2 is 1.93 bits per heavy atom. The van der Waals surface area contributed by atoms with E-state index in [4.69, 9.17) is 4.74 Å². The van der Waals surface area contributed by atoms with Crippen molar-refractivity contribution in [3.63, 3.8) is 0 Å². The van der Waals surface area contributed by atoms with Crippen LogP contribution in [0.3, 0.4) is 0 Å². The van der Waals surface area contributed by atoms with Gasteiger partial charge < -0.3 is 15.0 Å². The molecular weight excluding hydrogens is 344 g/mol. The van der Waals surface area contributed by atoms with Crippen LogP contribution in [-0.2, 0) is 9.59 Å². The van der Waals surface area contributed by atoms with Crippen molar-refractivity contribution in [2.45, 2.75) is 26.3 Å². The molecule has 2 amide bonds. The Balaban J connectivity index is 1.67. The summed E-state index contributed by atoms with van der Waals surface area (Å²) in [6.45, 7) is 3.54. The second-order valence-corrected chi connectivity index (χ2v) is 6.52. The molecule has 2 aromatic rings. The third-order valence-electron chi connectivity index (χ3n) is 4.55. The van der Waals surface area contributed by atoms with Gasteiger partial charge in [-0.3, -0.25) is 14.4 Å². The standard InChI is InChI=1S/C21H22N2O4/c1-14(16-6-4-3-5-7-16)22-20(25)10-11-23-18-12-17(15(2)24)8-9-19(18)27-13-21(23)26/h3-9,12,14H,10-11,13H2,1-2H3,(H,22,25). The van der Waals surface area contributed by atoms with Gasteiger partial charge in [-0.2, -0.15) is 0 Å². The second kappa shape index (κ2) is 8.03. The normalized spacial score (nSPS) is 14.1. The molecule has 0 radical (unpaired) electrons. The number of amides is 2. The molecule has 1 heterocycles. The summed E-state index contributed by atoms with van der Waals surface area (Å²) >= 11 is 0. The Labute approximate surface area is 158 Å². The highest BCUT2D eigenvalue weighted by atomic mass is 16.5. The Hall–Kier alpha value is -3.15. The van der Waals surface area contributed by atoms with E-state index in [1.54, 1.807) is 18.2 Å². The highest BCUT2D eigenvalue weighted by Gasteiger charge is 2.26. The molecule has 1 unspecified atom stereocenters. The average Bonchev–Trinajstić information content (AvgIpc) is 2.67. The van der Waals surface area contributed by atoms with E-state index in [1.165, 1.54) is 11.8 Å². The lowest BCUT2D eigenvalue weighted by Gasteiger charge is -2.29. The molecule has 0 fully saturated rings. The Bertz CT molecular complexity index is 864. The van der Waals surface area contributed by atoms with E-state index in [-0.39, 0.29) is 43.2 Å². The van der Waals surface area contributed by atoms with Crippen LogP contribution >= 0.6 is 0 Å². The highest BCUT2D eigenvalue weighted by Crippen LogP contribution is 2.33. The number of hydrogen-bond donors (Lipinski definition) is 1. The van der Waals surface area contributed by atoms with E-state index < -0.39 is 0 Å². The molecule has 140 valence electrons. The Morgan fingerprint density at radius 1 is 1.19 bits per heavy atom. The summed E-state index contributed by atoms with van der Waals surface area (Å²) in [5.74, 6) is 0.0740. The zero-order chi connectivity index (χ0) is 19.4. The molecule has 1 aliphatic rings. The fraction of sp³-hybridized carbons (Fsp3) is 0.286. The van der Waals surface area contributed by atoms with Crippen LogP contribution in [0, 0.1) is 0 Å². The van der Waals surface area contributed by atoms with Crippen LogP contribution in [0.2, 0.25) is 0 Å². The smallest absolute Gasteiger partial charge is 0.265 e. The van der Waals surface area contributed by atoms with Gasteiger partial charge in [0.1, 0.15) is 5.75 Å². The summed E-state index contributed by atoms with van der Waals surface area (Å²) in [6, 6.07) is 14.6. The minimum Gasteiger partial charge on any atom is -0.482 e. The van der Waals surface area contributed by atoms with Crippen LogP contribution < -0.4 is 15.0 Å². The quantitative estimate of drug-likeness (QED) is 0.798. The first-order valence-corrected chi connectivity index (χ1v) is 8.88. The molecule has 0 spiro atoms. The van der Waals surface area contributed by atoms with Gasteiger partial charge in [0, 0.05) is 18.5 Å². The third-order valence-corrected chi connectivity index (χ3v) is 4.55. The lowest BCUT2D eigenvalue weighted by molar-refractivity contribution is -0.122. The molecule has 0 aliphatic carbocycles. The minimum atomic E-state index is -0.230. The first-order valence-electron chi connectivity index (χ1n) is 8.88. The number of nitrogens with one attached hydrogen (secondary N) is 1. The number of ether oxygens (including phenoxy) is 1. The van der Waals surface area contributed by atoms with Crippen molar-refractivity contribution in [2.75, 3.05) is 18.1 Å². The third kappa shape index (κ3) is 4.34. The topological polar surface area (TPSA) is 75.7 Å². The van der Waals surface area contributed by atoms with Gasteiger partial charge in [0.25, 0.3) is 5.91 Å². The van der Waals surface area contributed by atoms with Gasteiger partial charge in [-0.15, -0.1) is 0 Å². The largest absolute Gasteiger partial charge is 0.482 e. The Morgan fingerprint density at radius 3 is 2.63 bits per heavy atom. The van der Waals surface area contributed by atoms with E-state index >= 15 is 0 Å². The zero-order valence-electron chi connectivity index (χ0n) is 15.4. The summed E-state index contributed by atoms with van der Waals surface area (Å²) in [7, 11) is 0. The van der Waals surface area contributed by atoms with Crippen molar-refractivity contribution in [2.24, 2.45) is 0 Å². The first-order chi connectivity index (χ1) is 13.0. The number of Topliss-reactive ketones (excluding diaryl/α,β-unsaturated/α-hetero) is 1. The number of rotatable bonds is 6. The van der Waals surface area contributed by atoms with Crippen molar-refractivity contribution < 1.29 is 19.1 Å². The van der Waals surface area contributed by atoms with Gasteiger partial charge in [0.15, 0.2) is 12.4 Å². The molecule has 0 aromatic heterocycles. The maximum Gasteiger partial charge on any atom is 0.265 e.